The van der Waals surface area contributed by atoms with Crippen LogP contribution in [0.2, 0.25) is 0 Å². The lowest BCUT2D eigenvalue weighted by molar-refractivity contribution is -0.0446. The lowest BCUT2D eigenvalue weighted by atomic mass is 9.51. The number of rotatable bonds is 2. The summed E-state index contributed by atoms with van der Waals surface area (Å²) in [5.74, 6) is 1.99. The highest BCUT2D eigenvalue weighted by Crippen LogP contribution is 2.70. The molecule has 2 bridgehead atoms. The molecule has 3 saturated carbocycles. The van der Waals surface area contributed by atoms with Crippen molar-refractivity contribution in [3.05, 3.63) is 0 Å². The zero-order valence-electron chi connectivity index (χ0n) is 8.22. The van der Waals surface area contributed by atoms with E-state index in [4.69, 9.17) is 0 Å². The first-order valence-electron chi connectivity index (χ1n) is 4.86. The molecule has 0 aromatic heterocycles. The summed E-state index contributed by atoms with van der Waals surface area (Å²) in [5, 5.41) is 3.45. The van der Waals surface area contributed by atoms with Gasteiger partial charge in [-0.15, -0.1) is 0 Å². The Morgan fingerprint density at radius 2 is 2.17 bits per heavy atom. The van der Waals surface area contributed by atoms with Crippen molar-refractivity contribution in [2.24, 2.45) is 16.7 Å². The van der Waals surface area contributed by atoms with E-state index in [0.29, 0.717) is 10.8 Å². The molecule has 0 aromatic carbocycles. The molecular formula is C10H19NS. The fourth-order valence-electron chi connectivity index (χ4n) is 3.49. The molecule has 0 heterocycles. The summed E-state index contributed by atoms with van der Waals surface area (Å²) in [5.41, 5.74) is 1.03. The number of hydrogen-bond acceptors (Lipinski definition) is 2. The second-order valence-electron chi connectivity index (χ2n) is 5.01. The molecule has 0 saturated heterocycles. The van der Waals surface area contributed by atoms with Crippen LogP contribution in [0.1, 0.15) is 26.7 Å². The van der Waals surface area contributed by atoms with E-state index in [1.165, 1.54) is 12.8 Å². The summed E-state index contributed by atoms with van der Waals surface area (Å²) in [4.78, 5) is 0. The largest absolute Gasteiger partial charge is 0.316 e. The lowest BCUT2D eigenvalue weighted by Crippen LogP contribution is -2.55. The van der Waals surface area contributed by atoms with E-state index < -0.39 is 0 Å². The van der Waals surface area contributed by atoms with Gasteiger partial charge in [0.1, 0.15) is 0 Å². The molecule has 3 unspecified atom stereocenters. The van der Waals surface area contributed by atoms with E-state index in [9.17, 15) is 0 Å². The molecule has 0 aromatic rings. The maximum absolute atomic E-state index is 4.53. The molecular weight excluding hydrogens is 166 g/mol. The van der Waals surface area contributed by atoms with Crippen LogP contribution < -0.4 is 5.32 Å². The molecule has 3 aliphatic carbocycles. The van der Waals surface area contributed by atoms with E-state index in [1.54, 1.807) is 0 Å². The minimum atomic E-state index is 0.496. The van der Waals surface area contributed by atoms with Gasteiger partial charge >= 0.3 is 0 Å². The zero-order valence-corrected chi connectivity index (χ0v) is 9.12. The van der Waals surface area contributed by atoms with Crippen LogP contribution >= 0.6 is 12.6 Å². The topological polar surface area (TPSA) is 12.0 Å². The van der Waals surface area contributed by atoms with Gasteiger partial charge in [0.2, 0.25) is 0 Å². The van der Waals surface area contributed by atoms with Crippen molar-refractivity contribution in [2.75, 3.05) is 12.8 Å². The quantitative estimate of drug-likeness (QED) is 0.627. The van der Waals surface area contributed by atoms with E-state index in [-0.39, 0.29) is 0 Å². The number of nitrogens with one attached hydrogen (secondary N) is 1. The van der Waals surface area contributed by atoms with E-state index in [2.05, 4.69) is 38.8 Å². The van der Waals surface area contributed by atoms with Crippen LogP contribution in [-0.2, 0) is 0 Å². The van der Waals surface area contributed by atoms with Crippen molar-refractivity contribution in [1.82, 2.24) is 5.32 Å². The van der Waals surface area contributed by atoms with Crippen LogP contribution in [0.25, 0.3) is 0 Å². The van der Waals surface area contributed by atoms with Crippen LogP contribution in [0.3, 0.4) is 0 Å². The van der Waals surface area contributed by atoms with E-state index >= 15 is 0 Å². The summed E-state index contributed by atoms with van der Waals surface area (Å²) < 4.78 is 0. The third-order valence-corrected chi connectivity index (χ3v) is 5.30. The zero-order chi connectivity index (χ0) is 8.98. The molecule has 3 atom stereocenters. The molecule has 1 nitrogen and oxygen atoms in total. The van der Waals surface area contributed by atoms with Gasteiger partial charge in [-0.2, -0.15) is 12.6 Å². The first-order chi connectivity index (χ1) is 5.58. The second-order valence-corrected chi connectivity index (χ2v) is 5.33. The van der Waals surface area contributed by atoms with Crippen molar-refractivity contribution in [3.63, 3.8) is 0 Å². The molecule has 0 spiro atoms. The molecule has 3 fully saturated rings. The van der Waals surface area contributed by atoms with Crippen molar-refractivity contribution in [1.29, 1.82) is 0 Å². The molecule has 0 aliphatic heterocycles. The summed E-state index contributed by atoms with van der Waals surface area (Å²) in [6.07, 6.45) is 2.76. The van der Waals surface area contributed by atoms with Crippen LogP contribution in [0.4, 0.5) is 0 Å². The Morgan fingerprint density at radius 3 is 2.50 bits per heavy atom. The SMILES string of the molecule is CNC1CC2CC1(CS)C2(C)C. The predicted molar refractivity (Wildman–Crippen MR) is 55.6 cm³/mol. The fraction of sp³-hybridized carbons (Fsp3) is 1.00. The highest BCUT2D eigenvalue weighted by molar-refractivity contribution is 7.80. The van der Waals surface area contributed by atoms with Gasteiger partial charge in [-0.05, 0) is 37.0 Å². The Labute approximate surface area is 80.7 Å². The van der Waals surface area contributed by atoms with Gasteiger partial charge in [-0.1, -0.05) is 13.8 Å². The van der Waals surface area contributed by atoms with Crippen LogP contribution in [-0.4, -0.2) is 18.8 Å². The molecule has 3 aliphatic rings. The summed E-state index contributed by atoms with van der Waals surface area (Å²) >= 11 is 4.53. The Hall–Kier alpha value is 0.310. The van der Waals surface area contributed by atoms with Crippen molar-refractivity contribution < 1.29 is 0 Å². The van der Waals surface area contributed by atoms with E-state index in [0.717, 1.165) is 17.7 Å². The molecule has 0 radical (unpaired) electrons. The van der Waals surface area contributed by atoms with Crippen LogP contribution in [0.5, 0.6) is 0 Å². The first-order valence-corrected chi connectivity index (χ1v) is 5.50. The summed E-state index contributed by atoms with van der Waals surface area (Å²) in [6.45, 7) is 4.82. The third kappa shape index (κ3) is 0.717. The first kappa shape index (κ1) is 8.89. The highest BCUT2D eigenvalue weighted by atomic mass is 32.1. The van der Waals surface area contributed by atoms with Crippen molar-refractivity contribution in [2.45, 2.75) is 32.7 Å². The second kappa shape index (κ2) is 2.42. The smallest absolute Gasteiger partial charge is 0.0136 e. The summed E-state index contributed by atoms with van der Waals surface area (Å²) in [7, 11) is 2.09. The maximum Gasteiger partial charge on any atom is 0.0136 e. The van der Waals surface area contributed by atoms with Crippen LogP contribution in [0.15, 0.2) is 0 Å². The molecule has 0 amide bonds. The lowest BCUT2D eigenvalue weighted by Gasteiger charge is -2.56. The highest BCUT2D eigenvalue weighted by Gasteiger charge is 2.67. The Kier molecular flexibility index (Phi) is 1.79. The standard InChI is InChI=1S/C10H19NS/c1-9(2)7-4-8(11-3)10(9,5-7)6-12/h7-8,11-12H,4-6H2,1-3H3. The monoisotopic (exact) mass is 185 g/mol. The van der Waals surface area contributed by atoms with Gasteiger partial charge in [-0.3, -0.25) is 0 Å². The summed E-state index contributed by atoms with van der Waals surface area (Å²) in [6, 6.07) is 0.718. The Balaban J connectivity index is 2.27. The van der Waals surface area contributed by atoms with Gasteiger partial charge < -0.3 is 5.32 Å². The predicted octanol–water partition coefficient (Wildman–Crippen LogP) is 1.94. The fourth-order valence-corrected chi connectivity index (χ4v) is 4.24. The average molecular weight is 185 g/mol. The van der Waals surface area contributed by atoms with Crippen LogP contribution in [0, 0.1) is 16.7 Å². The Bertz CT molecular complexity index is 200. The number of thiol groups is 1. The molecule has 1 N–H and O–H groups in total. The Morgan fingerprint density at radius 1 is 1.50 bits per heavy atom. The average Bonchev–Trinajstić information content (AvgIpc) is 2.53. The minimum absolute atomic E-state index is 0.496. The van der Waals surface area contributed by atoms with Gasteiger partial charge in [0.25, 0.3) is 0 Å². The van der Waals surface area contributed by atoms with Gasteiger partial charge in [0, 0.05) is 11.5 Å². The molecule has 3 rings (SSSR count). The number of hydrogen-bond donors (Lipinski definition) is 2. The third-order valence-electron chi connectivity index (χ3n) is 4.73. The molecule has 2 heteroatoms. The van der Waals surface area contributed by atoms with Gasteiger partial charge in [-0.25, -0.2) is 0 Å². The number of fused-ring (bicyclic) bond motifs is 1. The van der Waals surface area contributed by atoms with Gasteiger partial charge in [0.15, 0.2) is 0 Å². The molecule has 12 heavy (non-hydrogen) atoms. The maximum atomic E-state index is 4.53. The van der Waals surface area contributed by atoms with Gasteiger partial charge in [0.05, 0.1) is 0 Å². The normalized spacial score (nSPS) is 49.0. The minimum Gasteiger partial charge on any atom is -0.316 e. The van der Waals surface area contributed by atoms with E-state index in [1.807, 2.05) is 0 Å². The van der Waals surface area contributed by atoms with Crippen molar-refractivity contribution in [3.8, 4) is 0 Å². The molecule has 70 valence electrons. The van der Waals surface area contributed by atoms with Crippen molar-refractivity contribution >= 4 is 12.6 Å².